The summed E-state index contributed by atoms with van der Waals surface area (Å²) in [5, 5.41) is 3.01. The van der Waals surface area contributed by atoms with E-state index in [1.165, 1.54) is 6.07 Å². The van der Waals surface area contributed by atoms with Crippen LogP contribution < -0.4 is 15.8 Å². The molecule has 3 heterocycles. The second-order valence-electron chi connectivity index (χ2n) is 5.71. The first-order valence-electron chi connectivity index (χ1n) is 7.86. The molecule has 0 bridgehead atoms. The monoisotopic (exact) mass is 312 g/mol. The van der Waals surface area contributed by atoms with E-state index in [0.29, 0.717) is 12.0 Å². The van der Waals surface area contributed by atoms with Crippen LogP contribution in [0.4, 0.5) is 5.82 Å². The number of aryl methyl sites for hydroxylation is 1. The van der Waals surface area contributed by atoms with Crippen LogP contribution in [0.25, 0.3) is 0 Å². The Hall–Kier alpha value is -2.63. The number of H-pyrrole nitrogens is 1. The molecule has 1 atom stereocenters. The summed E-state index contributed by atoms with van der Waals surface area (Å²) in [5.74, 6) is 0.729. The van der Waals surface area contributed by atoms with Gasteiger partial charge in [-0.2, -0.15) is 0 Å². The van der Waals surface area contributed by atoms with Crippen molar-refractivity contribution in [1.82, 2.24) is 15.3 Å². The maximum absolute atomic E-state index is 12.4. The van der Waals surface area contributed by atoms with E-state index in [1.807, 2.05) is 25.1 Å². The van der Waals surface area contributed by atoms with Crippen molar-refractivity contribution in [2.45, 2.75) is 25.8 Å². The summed E-state index contributed by atoms with van der Waals surface area (Å²) < 4.78 is 0. The number of aromatic nitrogens is 2. The lowest BCUT2D eigenvalue weighted by atomic mass is 10.1. The normalized spacial score (nSPS) is 17.3. The quantitative estimate of drug-likeness (QED) is 0.893. The number of hydrogen-bond donors (Lipinski definition) is 2. The average Bonchev–Trinajstić information content (AvgIpc) is 3.03. The maximum Gasteiger partial charge on any atom is 0.251 e. The Balaban J connectivity index is 1.65. The third-order valence-electron chi connectivity index (χ3n) is 4.04. The Morgan fingerprint density at radius 1 is 1.43 bits per heavy atom. The van der Waals surface area contributed by atoms with Crippen LogP contribution >= 0.6 is 0 Å². The standard InChI is InChI=1S/C17H20N4O2/c1-2-13-9-12(10-16(22)19-13)17(23)20-14-6-8-21(11-14)15-5-3-4-7-18-15/h3-5,7,9-10,14H,2,6,8,11H2,1H3,(H,19,22)(H,20,23). The molecular weight excluding hydrogens is 292 g/mol. The summed E-state index contributed by atoms with van der Waals surface area (Å²) in [7, 11) is 0. The number of carbonyl (C=O) groups excluding carboxylic acids is 1. The minimum Gasteiger partial charge on any atom is -0.354 e. The van der Waals surface area contributed by atoms with E-state index >= 15 is 0 Å². The Morgan fingerprint density at radius 3 is 3.04 bits per heavy atom. The molecule has 0 spiro atoms. The first-order valence-corrected chi connectivity index (χ1v) is 7.86. The van der Waals surface area contributed by atoms with Crippen molar-refractivity contribution < 1.29 is 4.79 Å². The van der Waals surface area contributed by atoms with Gasteiger partial charge in [-0.1, -0.05) is 13.0 Å². The minimum absolute atomic E-state index is 0.0638. The number of nitrogens with one attached hydrogen (secondary N) is 2. The van der Waals surface area contributed by atoms with E-state index in [0.717, 1.165) is 31.0 Å². The Labute approximate surface area is 134 Å². The minimum atomic E-state index is -0.240. The van der Waals surface area contributed by atoms with Gasteiger partial charge in [-0.3, -0.25) is 9.59 Å². The summed E-state index contributed by atoms with van der Waals surface area (Å²) in [4.78, 5) is 33.2. The van der Waals surface area contributed by atoms with E-state index in [1.54, 1.807) is 12.3 Å². The average molecular weight is 312 g/mol. The number of anilines is 1. The van der Waals surface area contributed by atoms with Crippen LogP contribution in [-0.4, -0.2) is 35.0 Å². The molecule has 0 aliphatic carbocycles. The lowest BCUT2D eigenvalue weighted by Gasteiger charge is -2.17. The van der Waals surface area contributed by atoms with Gasteiger partial charge in [-0.05, 0) is 31.0 Å². The predicted octanol–water partition coefficient (Wildman–Crippen LogP) is 1.34. The molecule has 1 aliphatic heterocycles. The molecule has 0 radical (unpaired) electrons. The lowest BCUT2D eigenvalue weighted by Crippen LogP contribution is -2.37. The SMILES string of the molecule is CCc1cc(C(=O)NC2CCN(c3ccccn3)C2)cc(=O)[nH]1. The maximum atomic E-state index is 12.4. The summed E-state index contributed by atoms with van der Waals surface area (Å²) in [6.45, 7) is 3.53. The van der Waals surface area contributed by atoms with E-state index in [-0.39, 0.29) is 17.5 Å². The Kier molecular flexibility index (Phi) is 4.41. The molecule has 6 nitrogen and oxygen atoms in total. The molecule has 3 rings (SSSR count). The molecule has 1 unspecified atom stereocenters. The zero-order valence-electron chi connectivity index (χ0n) is 13.1. The zero-order valence-corrected chi connectivity index (χ0v) is 13.1. The van der Waals surface area contributed by atoms with E-state index < -0.39 is 0 Å². The van der Waals surface area contributed by atoms with Gasteiger partial charge in [-0.15, -0.1) is 0 Å². The molecule has 2 N–H and O–H groups in total. The molecule has 1 saturated heterocycles. The van der Waals surface area contributed by atoms with Crippen molar-refractivity contribution in [2.75, 3.05) is 18.0 Å². The summed E-state index contributed by atoms with van der Waals surface area (Å²) in [6, 6.07) is 8.96. The van der Waals surface area contributed by atoms with Gasteiger partial charge in [0.2, 0.25) is 5.56 Å². The van der Waals surface area contributed by atoms with E-state index in [4.69, 9.17) is 0 Å². The third kappa shape index (κ3) is 3.59. The molecule has 1 amide bonds. The van der Waals surface area contributed by atoms with Crippen molar-refractivity contribution in [3.8, 4) is 0 Å². The van der Waals surface area contributed by atoms with E-state index in [2.05, 4.69) is 20.2 Å². The molecule has 1 fully saturated rings. The van der Waals surface area contributed by atoms with Crippen molar-refractivity contribution >= 4 is 11.7 Å². The number of amides is 1. The second-order valence-corrected chi connectivity index (χ2v) is 5.71. The van der Waals surface area contributed by atoms with Crippen molar-refractivity contribution in [3.63, 3.8) is 0 Å². The summed E-state index contributed by atoms with van der Waals surface area (Å²) in [5.41, 5.74) is 0.946. The first-order chi connectivity index (χ1) is 11.2. The Bertz CT molecular complexity index is 742. The highest BCUT2D eigenvalue weighted by Gasteiger charge is 2.25. The van der Waals surface area contributed by atoms with Gasteiger partial charge >= 0.3 is 0 Å². The highest BCUT2D eigenvalue weighted by atomic mass is 16.2. The molecule has 0 saturated carbocycles. The molecular formula is C17H20N4O2. The van der Waals surface area contributed by atoms with Crippen molar-refractivity contribution in [3.05, 3.63) is 58.1 Å². The highest BCUT2D eigenvalue weighted by molar-refractivity contribution is 5.94. The van der Waals surface area contributed by atoms with Gasteiger partial charge in [0.1, 0.15) is 5.82 Å². The first kappa shape index (κ1) is 15.3. The summed E-state index contributed by atoms with van der Waals surface area (Å²) in [6.07, 6.45) is 3.32. The number of pyridine rings is 2. The largest absolute Gasteiger partial charge is 0.354 e. The van der Waals surface area contributed by atoms with Crippen molar-refractivity contribution in [1.29, 1.82) is 0 Å². The number of carbonyl (C=O) groups is 1. The molecule has 0 aromatic carbocycles. The summed E-state index contributed by atoms with van der Waals surface area (Å²) >= 11 is 0. The van der Waals surface area contributed by atoms with Gasteiger partial charge in [0.25, 0.3) is 5.91 Å². The molecule has 1 aliphatic rings. The van der Waals surface area contributed by atoms with Crippen LogP contribution in [0.15, 0.2) is 41.3 Å². The van der Waals surface area contributed by atoms with Gasteiger partial charge in [-0.25, -0.2) is 4.98 Å². The highest BCUT2D eigenvalue weighted by Crippen LogP contribution is 2.17. The molecule has 2 aromatic heterocycles. The Morgan fingerprint density at radius 2 is 2.30 bits per heavy atom. The van der Waals surface area contributed by atoms with Gasteiger partial charge < -0.3 is 15.2 Å². The smallest absolute Gasteiger partial charge is 0.251 e. The fourth-order valence-electron chi connectivity index (χ4n) is 2.82. The number of aromatic amines is 1. The van der Waals surface area contributed by atoms with Gasteiger partial charge in [0, 0.05) is 42.7 Å². The number of rotatable bonds is 4. The van der Waals surface area contributed by atoms with Crippen LogP contribution in [0.2, 0.25) is 0 Å². The molecule has 2 aromatic rings. The van der Waals surface area contributed by atoms with Crippen molar-refractivity contribution in [2.24, 2.45) is 0 Å². The topological polar surface area (TPSA) is 78.1 Å². The fraction of sp³-hybridized carbons (Fsp3) is 0.353. The van der Waals surface area contributed by atoms with Gasteiger partial charge in [0.05, 0.1) is 0 Å². The molecule has 6 heteroatoms. The predicted molar refractivity (Wildman–Crippen MR) is 88.8 cm³/mol. The fourth-order valence-corrected chi connectivity index (χ4v) is 2.82. The van der Waals surface area contributed by atoms with E-state index in [9.17, 15) is 9.59 Å². The second kappa shape index (κ2) is 6.64. The van der Waals surface area contributed by atoms with Crippen LogP contribution in [-0.2, 0) is 6.42 Å². The van der Waals surface area contributed by atoms with Crippen LogP contribution in [0, 0.1) is 0 Å². The van der Waals surface area contributed by atoms with Crippen LogP contribution in [0.5, 0.6) is 0 Å². The third-order valence-corrected chi connectivity index (χ3v) is 4.04. The van der Waals surface area contributed by atoms with Crippen LogP contribution in [0.3, 0.4) is 0 Å². The number of hydrogen-bond acceptors (Lipinski definition) is 4. The molecule has 120 valence electrons. The zero-order chi connectivity index (χ0) is 16.2. The molecule has 23 heavy (non-hydrogen) atoms. The van der Waals surface area contributed by atoms with Gasteiger partial charge in [0.15, 0.2) is 0 Å². The van der Waals surface area contributed by atoms with Crippen LogP contribution in [0.1, 0.15) is 29.4 Å². The number of nitrogens with zero attached hydrogens (tertiary/aromatic N) is 2. The lowest BCUT2D eigenvalue weighted by molar-refractivity contribution is 0.0940.